The Balaban J connectivity index is 2.59. The average molecular weight is 92.1 g/mol. The van der Waals surface area contributed by atoms with Crippen molar-refractivity contribution in [2.75, 3.05) is 6.54 Å². The Bertz CT molecular complexity index is 144. The predicted molar refractivity (Wildman–Crippen MR) is 23.6 cm³/mol. The van der Waals surface area contributed by atoms with Crippen LogP contribution >= 0.6 is 0 Å². The van der Waals surface area contributed by atoms with Crippen LogP contribution in [0.3, 0.4) is 0 Å². The summed E-state index contributed by atoms with van der Waals surface area (Å²) in [5, 5.41) is 0. The van der Waals surface area contributed by atoms with Gasteiger partial charge in [0.2, 0.25) is 0 Å². The van der Waals surface area contributed by atoms with Crippen LogP contribution in [0.2, 0.25) is 0 Å². The molecule has 1 heterocycles. The summed E-state index contributed by atoms with van der Waals surface area (Å²) < 4.78 is 0. The minimum absolute atomic E-state index is 0.417. The zero-order valence-electron chi connectivity index (χ0n) is 3.56. The van der Waals surface area contributed by atoms with Crippen LogP contribution in [0.25, 0.3) is 0 Å². The first-order valence-corrected chi connectivity index (χ1v) is 1.81. The highest BCUT2D eigenvalue weighted by molar-refractivity contribution is 5.25. The summed E-state index contributed by atoms with van der Waals surface area (Å²) in [4.78, 5) is 4.33. The molecule has 7 heavy (non-hydrogen) atoms. The molecule has 0 spiro atoms. The lowest BCUT2D eigenvalue weighted by atomic mass is 10.6. The van der Waals surface area contributed by atoms with E-state index in [1.165, 1.54) is 0 Å². The van der Waals surface area contributed by atoms with Crippen molar-refractivity contribution in [1.29, 1.82) is 0 Å². The van der Waals surface area contributed by atoms with E-state index < -0.39 is 0 Å². The van der Waals surface area contributed by atoms with Gasteiger partial charge in [-0.2, -0.15) is 0 Å². The summed E-state index contributed by atoms with van der Waals surface area (Å²) in [5.74, 6) is 7.57. The Labute approximate surface area is 41.8 Å². The lowest BCUT2D eigenvalue weighted by molar-refractivity contribution is 0.162. The second-order valence-electron chi connectivity index (χ2n) is 0.907. The smallest absolute Gasteiger partial charge is 0.154 e. The van der Waals surface area contributed by atoms with Crippen LogP contribution in [-0.2, 0) is 4.84 Å². The van der Waals surface area contributed by atoms with Crippen LogP contribution in [0.5, 0.6) is 0 Å². The topological polar surface area (TPSA) is 23.3 Å². The molecule has 33 valence electrons. The fourth-order valence-corrected chi connectivity index (χ4v) is 0.229. The molecule has 0 N–H and O–H groups in total. The van der Waals surface area contributed by atoms with E-state index in [2.05, 4.69) is 34.2 Å². The molecule has 0 aliphatic carbocycles. The minimum atomic E-state index is 0.417. The van der Waals surface area contributed by atoms with E-state index in [0.717, 1.165) is 0 Å². The van der Waals surface area contributed by atoms with Crippen molar-refractivity contribution in [2.45, 2.75) is 0 Å². The second kappa shape index (κ2) is 2.12. The normalized spacial score (nSPS) is 13.7. The van der Waals surface area contributed by atoms with Crippen molar-refractivity contribution >= 4 is 0 Å². The van der Waals surface area contributed by atoms with E-state index in [1.54, 1.807) is 0 Å². The second-order valence-corrected chi connectivity index (χ2v) is 0.907. The zero-order valence-corrected chi connectivity index (χ0v) is 3.56. The maximum atomic E-state index is 4.33. The van der Waals surface area contributed by atoms with E-state index in [9.17, 15) is 0 Å². The quantitative estimate of drug-likeness (QED) is 0.369. The Kier molecular flexibility index (Phi) is 1.23. The third kappa shape index (κ3) is 1.17. The van der Waals surface area contributed by atoms with Crippen molar-refractivity contribution in [3.8, 4) is 23.9 Å². The van der Waals surface area contributed by atoms with Gasteiger partial charge in [0.05, 0.1) is 0 Å². The average Bonchev–Trinajstić information content (AvgIpc) is 1.90. The summed E-state index contributed by atoms with van der Waals surface area (Å²) in [5.41, 5.74) is 3.42. The highest BCUT2D eigenvalue weighted by atomic mass is 16.6. The predicted octanol–water partition coefficient (Wildman–Crippen LogP) is -0.500. The monoisotopic (exact) mass is 92.0 g/mol. The molecule has 0 atom stereocenters. The molecule has 0 unspecified atom stereocenters. The van der Waals surface area contributed by atoms with Gasteiger partial charge in [-0.25, -0.2) is 0 Å². The van der Waals surface area contributed by atoms with Gasteiger partial charge in [-0.1, -0.05) is 5.92 Å². The zero-order chi connectivity index (χ0) is 4.95. The molecule has 1 radical (unpaired) electrons. The van der Waals surface area contributed by atoms with Gasteiger partial charge in [-0.05, 0) is 11.4 Å². The third-order valence-corrected chi connectivity index (χ3v) is 0.456. The number of hydroxylamine groups is 1. The van der Waals surface area contributed by atoms with Crippen molar-refractivity contribution in [2.24, 2.45) is 0 Å². The largest absolute Gasteiger partial charge is 0.333 e. The van der Waals surface area contributed by atoms with E-state index in [1.807, 2.05) is 0 Å². The molecule has 0 fully saturated rings. The lowest BCUT2D eigenvalue weighted by Crippen LogP contribution is -1.99. The highest BCUT2D eigenvalue weighted by Crippen LogP contribution is 1.67. The van der Waals surface area contributed by atoms with E-state index in [0.29, 0.717) is 6.54 Å². The molecular weight excluding hydrogens is 90.1 g/mol. The molecule has 1 rings (SSSR count). The lowest BCUT2D eigenvalue weighted by Gasteiger charge is -1.82. The fraction of sp³-hybridized carbons (Fsp3) is 0.200. The van der Waals surface area contributed by atoms with Gasteiger partial charge in [-0.3, -0.25) is 0 Å². The number of nitrogens with zero attached hydrogens (tertiary/aromatic N) is 1. The first-order chi connectivity index (χ1) is 3.50. The number of hydrogen-bond acceptors (Lipinski definition) is 1. The van der Waals surface area contributed by atoms with Crippen LogP contribution in [-0.4, -0.2) is 6.54 Å². The van der Waals surface area contributed by atoms with E-state index >= 15 is 0 Å². The van der Waals surface area contributed by atoms with Crippen LogP contribution in [0.15, 0.2) is 0 Å². The molecule has 1 aliphatic heterocycles. The van der Waals surface area contributed by atoms with Crippen LogP contribution in [0.4, 0.5) is 0 Å². The fourth-order valence-electron chi connectivity index (χ4n) is 0.229. The summed E-state index contributed by atoms with van der Waals surface area (Å²) in [7, 11) is 0. The molecule has 0 saturated heterocycles. The van der Waals surface area contributed by atoms with E-state index in [4.69, 9.17) is 0 Å². The molecule has 0 bridgehead atoms. The molecule has 0 amide bonds. The van der Waals surface area contributed by atoms with Crippen LogP contribution in [0, 0.1) is 23.9 Å². The molecule has 1 aliphatic rings. The molecular formula is C5H2NO. The van der Waals surface area contributed by atoms with Gasteiger partial charge >= 0.3 is 0 Å². The van der Waals surface area contributed by atoms with Gasteiger partial charge in [-0.15, -0.1) is 0 Å². The van der Waals surface area contributed by atoms with Crippen molar-refractivity contribution < 1.29 is 4.84 Å². The molecule has 0 saturated carbocycles. The van der Waals surface area contributed by atoms with Gasteiger partial charge in [0, 0.05) is 5.92 Å². The summed E-state index contributed by atoms with van der Waals surface area (Å²) in [6.07, 6.45) is 2.26. The third-order valence-electron chi connectivity index (χ3n) is 0.456. The van der Waals surface area contributed by atoms with Crippen LogP contribution < -0.4 is 5.48 Å². The van der Waals surface area contributed by atoms with Gasteiger partial charge in [0.25, 0.3) is 0 Å². The van der Waals surface area contributed by atoms with Crippen molar-refractivity contribution in [1.82, 2.24) is 5.48 Å². The summed E-state index contributed by atoms with van der Waals surface area (Å²) in [6, 6.07) is 0. The number of hydrogen-bond donors (Lipinski definition) is 0. The molecule has 0 aromatic heterocycles. The minimum Gasteiger partial charge on any atom is -0.333 e. The Morgan fingerprint density at radius 2 is 2.43 bits per heavy atom. The molecule has 0 aromatic carbocycles. The van der Waals surface area contributed by atoms with Gasteiger partial charge in [0.1, 0.15) is 6.54 Å². The van der Waals surface area contributed by atoms with Crippen molar-refractivity contribution in [3.63, 3.8) is 0 Å². The van der Waals surface area contributed by atoms with Gasteiger partial charge < -0.3 is 4.84 Å². The summed E-state index contributed by atoms with van der Waals surface area (Å²) >= 11 is 0. The maximum Gasteiger partial charge on any atom is 0.154 e. The maximum absolute atomic E-state index is 4.33. The highest BCUT2D eigenvalue weighted by Gasteiger charge is 1.79. The summed E-state index contributed by atoms with van der Waals surface area (Å²) in [6.45, 7) is 0.417. The molecule has 2 heteroatoms. The number of rotatable bonds is 0. The Hall–Kier alpha value is -1.12. The Morgan fingerprint density at radius 3 is 3.43 bits per heavy atom. The standard InChI is InChI=1S/C5H2NO/c1-2-4-6-7-5-3-1/h4H2. The SMILES string of the molecule is C1#CC[N]OC#C1. The van der Waals surface area contributed by atoms with Crippen LogP contribution in [0.1, 0.15) is 0 Å². The van der Waals surface area contributed by atoms with Gasteiger partial charge in [0.15, 0.2) is 6.11 Å². The molecule has 0 aromatic rings. The first-order valence-electron chi connectivity index (χ1n) is 1.81. The van der Waals surface area contributed by atoms with Crippen molar-refractivity contribution in [3.05, 3.63) is 0 Å². The first kappa shape index (κ1) is 4.05. The Morgan fingerprint density at radius 1 is 1.43 bits per heavy atom. The van der Waals surface area contributed by atoms with E-state index in [-0.39, 0.29) is 0 Å². The molecule has 2 nitrogen and oxygen atoms in total.